The van der Waals surface area contributed by atoms with E-state index in [1.54, 1.807) is 6.07 Å². The summed E-state index contributed by atoms with van der Waals surface area (Å²) in [5.74, 6) is 0.184. The number of hydrogen-bond donors (Lipinski definition) is 1. The molecule has 0 aliphatic carbocycles. The Hall–Kier alpha value is -2.61. The van der Waals surface area contributed by atoms with Crippen LogP contribution >= 0.6 is 23.4 Å². The number of benzene rings is 3. The number of nitrogens with one attached hydrogen (secondary N) is 1. The number of rotatable bonds is 5. The van der Waals surface area contributed by atoms with E-state index in [-0.39, 0.29) is 10.7 Å². The lowest BCUT2D eigenvalue weighted by atomic mass is 10.2. The molecule has 4 aromatic rings. The van der Waals surface area contributed by atoms with Crippen LogP contribution in [-0.2, 0) is 10.0 Å². The number of aromatic nitrogens is 2. The van der Waals surface area contributed by atoms with E-state index >= 15 is 0 Å². The minimum absolute atomic E-state index is 0.100. The zero-order chi connectivity index (χ0) is 20.4. The second kappa shape index (κ2) is 8.02. The first-order valence-corrected chi connectivity index (χ1v) is 11.4. The number of halogens is 1. The van der Waals surface area contributed by atoms with Gasteiger partial charge in [0.25, 0.3) is 10.0 Å². The van der Waals surface area contributed by atoms with E-state index in [2.05, 4.69) is 14.7 Å². The van der Waals surface area contributed by atoms with Crippen LogP contribution in [0.2, 0.25) is 5.02 Å². The van der Waals surface area contributed by atoms with Crippen molar-refractivity contribution in [3.8, 4) is 0 Å². The van der Waals surface area contributed by atoms with Crippen molar-refractivity contribution >= 4 is 50.2 Å². The molecule has 0 aliphatic heterocycles. The fraction of sp³-hybridized carbons (Fsp3) is 0.0476. The fourth-order valence-electron chi connectivity index (χ4n) is 2.64. The second-order valence-corrected chi connectivity index (χ2v) is 9.52. The smallest absolute Gasteiger partial charge is 0.261 e. The number of para-hydroxylation sites is 2. The lowest BCUT2D eigenvalue weighted by Gasteiger charge is -2.12. The third-order valence-corrected chi connectivity index (χ3v) is 6.72. The predicted molar refractivity (Wildman–Crippen MR) is 117 cm³/mol. The number of anilines is 1. The van der Waals surface area contributed by atoms with Crippen LogP contribution < -0.4 is 4.72 Å². The number of aryl methyl sites for hydroxylation is 1. The standard InChI is InChI=1S/C21H16ClN3O2S2/c1-14-6-10-16(11-7-14)28-21-20(23-18-4-2-3-5-19(18)24-21)25-29(26,27)17-12-8-15(22)9-13-17/h2-13H,1H3,(H,23,25). The van der Waals surface area contributed by atoms with E-state index in [0.717, 1.165) is 10.5 Å². The van der Waals surface area contributed by atoms with Gasteiger partial charge in [-0.2, -0.15) is 0 Å². The Morgan fingerprint density at radius 3 is 2.14 bits per heavy atom. The van der Waals surface area contributed by atoms with E-state index in [4.69, 9.17) is 11.6 Å². The van der Waals surface area contributed by atoms with Crippen molar-refractivity contribution in [1.82, 2.24) is 9.97 Å². The maximum absolute atomic E-state index is 12.9. The van der Waals surface area contributed by atoms with Gasteiger partial charge in [0.1, 0.15) is 5.03 Å². The summed E-state index contributed by atoms with van der Waals surface area (Å²) in [6, 6.07) is 21.2. The Balaban J connectivity index is 1.77. The quantitative estimate of drug-likeness (QED) is 0.440. The van der Waals surface area contributed by atoms with E-state index in [0.29, 0.717) is 21.1 Å². The molecule has 0 amide bonds. The monoisotopic (exact) mass is 441 g/mol. The SMILES string of the molecule is Cc1ccc(Sc2nc3ccccc3nc2NS(=O)(=O)c2ccc(Cl)cc2)cc1. The van der Waals surface area contributed by atoms with Crippen LogP contribution in [0.25, 0.3) is 11.0 Å². The molecule has 0 saturated carbocycles. The summed E-state index contributed by atoms with van der Waals surface area (Å²) in [6.45, 7) is 2.01. The maximum atomic E-state index is 12.9. The molecule has 1 aromatic heterocycles. The molecule has 0 bridgehead atoms. The number of nitrogens with zero attached hydrogens (tertiary/aromatic N) is 2. The minimum atomic E-state index is -3.84. The van der Waals surface area contributed by atoms with E-state index in [9.17, 15) is 8.42 Å². The highest BCUT2D eigenvalue weighted by Gasteiger charge is 2.19. The van der Waals surface area contributed by atoms with Gasteiger partial charge in [0, 0.05) is 9.92 Å². The average molecular weight is 442 g/mol. The zero-order valence-electron chi connectivity index (χ0n) is 15.3. The summed E-state index contributed by atoms with van der Waals surface area (Å²) in [6.07, 6.45) is 0. The Labute approximate surface area is 178 Å². The Bertz CT molecular complexity index is 1280. The van der Waals surface area contributed by atoms with Crippen LogP contribution in [0.4, 0.5) is 5.82 Å². The van der Waals surface area contributed by atoms with E-state index in [1.807, 2.05) is 49.4 Å². The van der Waals surface area contributed by atoms with Gasteiger partial charge >= 0.3 is 0 Å². The van der Waals surface area contributed by atoms with Gasteiger partial charge in [0.15, 0.2) is 5.82 Å². The number of hydrogen-bond acceptors (Lipinski definition) is 5. The first-order valence-electron chi connectivity index (χ1n) is 8.70. The first-order chi connectivity index (χ1) is 13.9. The molecule has 4 rings (SSSR count). The second-order valence-electron chi connectivity index (χ2n) is 6.34. The van der Waals surface area contributed by atoms with Crippen molar-refractivity contribution in [2.75, 3.05) is 4.72 Å². The zero-order valence-corrected chi connectivity index (χ0v) is 17.7. The lowest BCUT2D eigenvalue weighted by Crippen LogP contribution is -2.15. The number of sulfonamides is 1. The molecule has 0 fully saturated rings. The topological polar surface area (TPSA) is 72.0 Å². The molecule has 29 heavy (non-hydrogen) atoms. The highest BCUT2D eigenvalue weighted by Crippen LogP contribution is 2.33. The van der Waals surface area contributed by atoms with Crippen molar-refractivity contribution in [3.63, 3.8) is 0 Å². The molecule has 0 radical (unpaired) electrons. The molecule has 0 unspecified atom stereocenters. The highest BCUT2D eigenvalue weighted by atomic mass is 35.5. The van der Waals surface area contributed by atoms with Gasteiger partial charge in [-0.25, -0.2) is 18.4 Å². The molecule has 0 saturated heterocycles. The Morgan fingerprint density at radius 2 is 1.48 bits per heavy atom. The summed E-state index contributed by atoms with van der Waals surface area (Å²) in [4.78, 5) is 10.2. The van der Waals surface area contributed by atoms with Gasteiger partial charge in [0.2, 0.25) is 0 Å². The summed E-state index contributed by atoms with van der Waals surface area (Å²) in [7, 11) is -3.84. The molecule has 0 spiro atoms. The molecular weight excluding hydrogens is 426 g/mol. The third kappa shape index (κ3) is 4.53. The third-order valence-electron chi connectivity index (χ3n) is 4.13. The number of fused-ring (bicyclic) bond motifs is 1. The van der Waals surface area contributed by atoms with Gasteiger partial charge in [-0.05, 0) is 55.5 Å². The maximum Gasteiger partial charge on any atom is 0.263 e. The van der Waals surface area contributed by atoms with Crippen molar-refractivity contribution in [1.29, 1.82) is 0 Å². The van der Waals surface area contributed by atoms with Gasteiger partial charge in [0.05, 0.1) is 15.9 Å². The average Bonchev–Trinajstić information content (AvgIpc) is 2.70. The van der Waals surface area contributed by atoms with Gasteiger partial charge in [-0.3, -0.25) is 4.72 Å². The summed E-state index contributed by atoms with van der Waals surface area (Å²) in [5.41, 5.74) is 2.44. The normalized spacial score (nSPS) is 11.5. The van der Waals surface area contributed by atoms with Gasteiger partial charge in [-0.1, -0.05) is 53.2 Å². The summed E-state index contributed by atoms with van der Waals surface area (Å²) in [5, 5.41) is 0.940. The Kier molecular flexibility index (Phi) is 5.45. The van der Waals surface area contributed by atoms with Gasteiger partial charge in [-0.15, -0.1) is 0 Å². The van der Waals surface area contributed by atoms with Crippen LogP contribution in [0.1, 0.15) is 5.56 Å². The molecule has 5 nitrogen and oxygen atoms in total. The molecule has 0 aliphatic rings. The summed E-state index contributed by atoms with van der Waals surface area (Å²) < 4.78 is 28.3. The molecule has 1 heterocycles. The molecular formula is C21H16ClN3O2S2. The summed E-state index contributed by atoms with van der Waals surface area (Å²) >= 11 is 7.23. The van der Waals surface area contributed by atoms with Crippen molar-refractivity contribution in [2.45, 2.75) is 21.7 Å². The highest BCUT2D eigenvalue weighted by molar-refractivity contribution is 7.99. The molecule has 0 atom stereocenters. The molecule has 1 N–H and O–H groups in total. The molecule has 8 heteroatoms. The predicted octanol–water partition coefficient (Wildman–Crippen LogP) is 5.54. The van der Waals surface area contributed by atoms with Crippen molar-refractivity contribution < 1.29 is 8.42 Å². The molecule has 146 valence electrons. The lowest BCUT2D eigenvalue weighted by molar-refractivity contribution is 0.601. The van der Waals surface area contributed by atoms with Crippen LogP contribution in [0.3, 0.4) is 0 Å². The van der Waals surface area contributed by atoms with E-state index < -0.39 is 10.0 Å². The fourth-order valence-corrected chi connectivity index (χ4v) is 4.67. The molecule has 3 aromatic carbocycles. The van der Waals surface area contributed by atoms with Crippen LogP contribution in [0.5, 0.6) is 0 Å². The van der Waals surface area contributed by atoms with Crippen LogP contribution in [0, 0.1) is 6.92 Å². The Morgan fingerprint density at radius 1 is 0.862 bits per heavy atom. The minimum Gasteiger partial charge on any atom is -0.261 e. The van der Waals surface area contributed by atoms with Crippen LogP contribution in [-0.4, -0.2) is 18.4 Å². The van der Waals surface area contributed by atoms with Crippen LogP contribution in [0.15, 0.2) is 87.6 Å². The largest absolute Gasteiger partial charge is 0.263 e. The first kappa shape index (κ1) is 19.7. The van der Waals surface area contributed by atoms with Crippen molar-refractivity contribution in [3.05, 3.63) is 83.4 Å². The van der Waals surface area contributed by atoms with Crippen molar-refractivity contribution in [2.24, 2.45) is 0 Å². The van der Waals surface area contributed by atoms with Gasteiger partial charge < -0.3 is 0 Å². The van der Waals surface area contributed by atoms with E-state index in [1.165, 1.54) is 36.0 Å².